The van der Waals surface area contributed by atoms with Gasteiger partial charge in [0.05, 0.1) is 26.4 Å². The third kappa shape index (κ3) is 75.9. The Hall–Kier alpha value is -4.28. The molecule has 0 fully saturated rings. The molecule has 0 radical (unpaired) electrons. The Balaban J connectivity index is 5.41. The van der Waals surface area contributed by atoms with Gasteiger partial charge >= 0.3 is 39.5 Å². The number of ether oxygens (including phenoxy) is 4. The highest BCUT2D eigenvalue weighted by Crippen LogP contribution is 2.45. The second-order valence-electron chi connectivity index (χ2n) is 27.3. The maximum Gasteiger partial charge on any atom is 0.472 e. The summed E-state index contributed by atoms with van der Waals surface area (Å²) in [7, 11) is -9.98. The van der Waals surface area contributed by atoms with Crippen molar-refractivity contribution in [3.8, 4) is 0 Å². The predicted molar refractivity (Wildman–Crippen MR) is 427 cm³/mol. The third-order valence-electron chi connectivity index (χ3n) is 17.2. The number of unbranched alkanes of at least 4 members (excludes halogenated alkanes) is 33. The molecule has 3 N–H and O–H groups in total. The first-order valence-corrected chi connectivity index (χ1v) is 44.1. The molecule has 0 spiro atoms. The quantitative estimate of drug-likeness (QED) is 0.0169. The van der Waals surface area contributed by atoms with Crippen LogP contribution in [0.3, 0.4) is 0 Å². The molecular weight excluding hydrogens is 1350 g/mol. The number of hydrogen-bond donors (Lipinski definition) is 3. The molecule has 0 heterocycles. The van der Waals surface area contributed by atoms with Crippen LogP contribution in [0.25, 0.3) is 0 Å². The van der Waals surface area contributed by atoms with Crippen molar-refractivity contribution >= 4 is 39.5 Å². The lowest BCUT2D eigenvalue weighted by Gasteiger charge is -2.21. The first kappa shape index (κ1) is 99.7. The topological polar surface area (TPSA) is 237 Å². The van der Waals surface area contributed by atoms with Crippen LogP contribution in [0, 0.1) is 0 Å². The fourth-order valence-electron chi connectivity index (χ4n) is 10.9. The predicted octanol–water partition coefficient (Wildman–Crippen LogP) is 24.1. The number of hydrogen-bond acceptors (Lipinski definition) is 15. The Morgan fingerprint density at radius 3 is 0.817 bits per heavy atom. The van der Waals surface area contributed by atoms with Crippen molar-refractivity contribution in [1.82, 2.24) is 0 Å². The first-order chi connectivity index (χ1) is 50.7. The molecule has 17 nitrogen and oxygen atoms in total. The van der Waals surface area contributed by atoms with Crippen LogP contribution in [0.2, 0.25) is 0 Å². The molecule has 600 valence electrons. The fourth-order valence-corrected chi connectivity index (χ4v) is 12.5. The van der Waals surface area contributed by atoms with Crippen LogP contribution in [-0.4, -0.2) is 96.7 Å². The zero-order valence-corrected chi connectivity index (χ0v) is 67.5. The first-order valence-electron chi connectivity index (χ1n) is 41.1. The van der Waals surface area contributed by atoms with Gasteiger partial charge in [-0.05, 0) is 154 Å². The van der Waals surface area contributed by atoms with E-state index in [0.29, 0.717) is 25.7 Å². The molecule has 0 aliphatic rings. The molecule has 0 saturated heterocycles. The Kier molecular flexibility index (Phi) is 73.7. The minimum Gasteiger partial charge on any atom is -0.462 e. The van der Waals surface area contributed by atoms with E-state index < -0.39 is 97.5 Å². The molecular formula is C85H148O17P2. The average Bonchev–Trinajstić information content (AvgIpc) is 0.943. The van der Waals surface area contributed by atoms with E-state index in [0.717, 1.165) is 173 Å². The Morgan fingerprint density at radius 2 is 0.500 bits per heavy atom. The van der Waals surface area contributed by atoms with Crippen LogP contribution in [-0.2, 0) is 65.4 Å². The third-order valence-corrected chi connectivity index (χ3v) is 19.1. The van der Waals surface area contributed by atoms with E-state index in [1.807, 2.05) is 0 Å². The van der Waals surface area contributed by atoms with E-state index in [4.69, 9.17) is 37.0 Å². The maximum absolute atomic E-state index is 13.1. The largest absolute Gasteiger partial charge is 0.472 e. The molecule has 0 aliphatic heterocycles. The number of rotatable bonds is 77. The summed E-state index contributed by atoms with van der Waals surface area (Å²) in [6, 6.07) is 0. The summed E-state index contributed by atoms with van der Waals surface area (Å²) >= 11 is 0. The van der Waals surface area contributed by atoms with Crippen LogP contribution in [0.1, 0.15) is 349 Å². The van der Waals surface area contributed by atoms with Crippen LogP contribution in [0.5, 0.6) is 0 Å². The highest BCUT2D eigenvalue weighted by Gasteiger charge is 2.30. The minimum atomic E-state index is -4.99. The van der Waals surface area contributed by atoms with Gasteiger partial charge in [0, 0.05) is 25.7 Å². The summed E-state index contributed by atoms with van der Waals surface area (Å²) < 4.78 is 68.7. The normalized spacial score (nSPS) is 14.4. The molecule has 0 aromatic heterocycles. The zero-order chi connectivity index (χ0) is 76.0. The summed E-state index contributed by atoms with van der Waals surface area (Å²) in [5, 5.41) is 10.7. The molecule has 0 aromatic carbocycles. The van der Waals surface area contributed by atoms with E-state index >= 15 is 0 Å². The van der Waals surface area contributed by atoms with Gasteiger partial charge in [-0.25, -0.2) is 9.13 Å². The van der Waals surface area contributed by atoms with Gasteiger partial charge in [-0.15, -0.1) is 0 Å². The van der Waals surface area contributed by atoms with Gasteiger partial charge in [0.25, 0.3) is 0 Å². The van der Waals surface area contributed by atoms with Crippen molar-refractivity contribution in [2.75, 3.05) is 39.6 Å². The second kappa shape index (κ2) is 76.9. The van der Waals surface area contributed by atoms with E-state index in [1.54, 1.807) is 0 Å². The molecule has 2 unspecified atom stereocenters. The van der Waals surface area contributed by atoms with E-state index in [-0.39, 0.29) is 25.7 Å². The van der Waals surface area contributed by atoms with Crippen molar-refractivity contribution in [2.24, 2.45) is 0 Å². The Bertz CT molecular complexity index is 2390. The van der Waals surface area contributed by atoms with Gasteiger partial charge in [0.1, 0.15) is 19.3 Å². The Morgan fingerprint density at radius 1 is 0.279 bits per heavy atom. The van der Waals surface area contributed by atoms with Gasteiger partial charge in [-0.1, -0.05) is 278 Å². The van der Waals surface area contributed by atoms with E-state index in [1.165, 1.54) is 96.3 Å². The summed E-state index contributed by atoms with van der Waals surface area (Å²) in [5.41, 5.74) is 0. The standard InChI is InChI=1S/C85H148O17P2/c1-5-9-13-17-21-25-29-33-37-38-39-40-44-48-52-56-60-64-68-72-85(90)102-81(76-96-83(88)70-66-62-58-54-50-46-42-35-31-27-23-19-15-11-7-3)78-100-104(93,94)98-74-79(86)73-97-103(91,92)99-77-80(101-84(89)71-67-63-59-55-51-47-43-36-32-28-24-20-16-12-8-4)75-95-82(87)69-65-61-57-53-49-45-41-34-30-26-22-18-14-10-6-2/h9,13,21,23,25-27,30,33,35-37,39-40,42-43,48,52,79-81,86H,5-8,10-12,14-20,22,24,28-29,31-32,34,38,41,44-47,49-51,53-78H2,1-4H3,(H,91,92)(H,93,94)/b13-9-,25-21-,27-23-,30-26-,37-33-,40-39-,42-35-,43-36-,52-48-/t79-,80+,81+/m0/s1. The van der Waals surface area contributed by atoms with Crippen LogP contribution in [0.4, 0.5) is 0 Å². The number of esters is 4. The maximum atomic E-state index is 13.1. The van der Waals surface area contributed by atoms with E-state index in [2.05, 4.69) is 137 Å². The highest BCUT2D eigenvalue weighted by atomic mass is 31.2. The minimum absolute atomic E-state index is 0.0514. The number of carbonyl (C=O) groups excluding carboxylic acids is 4. The van der Waals surface area contributed by atoms with Gasteiger partial charge in [0.15, 0.2) is 12.2 Å². The summed E-state index contributed by atoms with van der Waals surface area (Å²) in [6.45, 7) is 4.69. The van der Waals surface area contributed by atoms with Crippen molar-refractivity contribution in [3.05, 3.63) is 109 Å². The number of phosphoric ester groups is 2. The van der Waals surface area contributed by atoms with Gasteiger partial charge in [-0.3, -0.25) is 37.3 Å². The smallest absolute Gasteiger partial charge is 0.462 e. The van der Waals surface area contributed by atoms with Crippen molar-refractivity contribution < 1.29 is 80.2 Å². The monoisotopic (exact) mass is 1500 g/mol. The molecule has 0 aliphatic carbocycles. The lowest BCUT2D eigenvalue weighted by molar-refractivity contribution is -0.161. The molecule has 5 atom stereocenters. The lowest BCUT2D eigenvalue weighted by atomic mass is 10.1. The lowest BCUT2D eigenvalue weighted by Crippen LogP contribution is -2.30. The number of phosphoric acid groups is 2. The molecule has 0 saturated carbocycles. The van der Waals surface area contributed by atoms with Crippen LogP contribution >= 0.6 is 15.6 Å². The Labute approximate surface area is 632 Å². The van der Waals surface area contributed by atoms with Crippen molar-refractivity contribution in [2.45, 2.75) is 367 Å². The zero-order valence-electron chi connectivity index (χ0n) is 65.7. The number of carbonyl (C=O) groups is 4. The van der Waals surface area contributed by atoms with Crippen LogP contribution < -0.4 is 0 Å². The fraction of sp³-hybridized carbons (Fsp3) is 0.741. The molecule has 0 rings (SSSR count). The SMILES string of the molecule is CC/C=C\C/C=C\C/C=C\C/C=C\C/C=C\CCCCCC(=O)O[C@H](COC(=O)CCCCCCC/C=C\C/C=C\CCCCC)COP(=O)(O)OC[C@@H](O)COP(=O)(O)OC[C@@H](COC(=O)CCCCCCCCC/C=C\CCCCCC)OC(=O)CCCCCCC/C=C\CCCCCCCC. The molecule has 0 amide bonds. The van der Waals surface area contributed by atoms with Crippen LogP contribution in [0.15, 0.2) is 109 Å². The molecule has 104 heavy (non-hydrogen) atoms. The van der Waals surface area contributed by atoms with Crippen molar-refractivity contribution in [1.29, 1.82) is 0 Å². The van der Waals surface area contributed by atoms with Gasteiger partial charge < -0.3 is 33.8 Å². The van der Waals surface area contributed by atoms with Gasteiger partial charge in [-0.2, -0.15) is 0 Å². The summed E-state index contributed by atoms with van der Waals surface area (Å²) in [6.07, 6.45) is 83.4. The van der Waals surface area contributed by atoms with Gasteiger partial charge in [0.2, 0.25) is 0 Å². The highest BCUT2D eigenvalue weighted by molar-refractivity contribution is 7.47. The second-order valence-corrected chi connectivity index (χ2v) is 30.2. The number of aliphatic hydroxyl groups is 1. The molecule has 19 heteroatoms. The molecule has 0 bridgehead atoms. The number of aliphatic hydroxyl groups excluding tert-OH is 1. The molecule has 0 aromatic rings. The average molecular weight is 1500 g/mol. The number of allylic oxidation sites excluding steroid dienone is 18. The summed E-state index contributed by atoms with van der Waals surface area (Å²) in [4.78, 5) is 73.1. The van der Waals surface area contributed by atoms with Crippen molar-refractivity contribution in [3.63, 3.8) is 0 Å². The van der Waals surface area contributed by atoms with E-state index in [9.17, 15) is 43.2 Å². The summed E-state index contributed by atoms with van der Waals surface area (Å²) in [5.74, 6) is -2.23.